The summed E-state index contributed by atoms with van der Waals surface area (Å²) in [5.41, 5.74) is 5.29. The highest BCUT2D eigenvalue weighted by atomic mass is 32.1. The molecule has 0 atom stereocenters. The number of likely N-dealkylation sites (N-methyl/N-ethyl adjacent to an activating group) is 1. The summed E-state index contributed by atoms with van der Waals surface area (Å²) in [6.07, 6.45) is 5.29. The van der Waals surface area contributed by atoms with Gasteiger partial charge in [-0.05, 0) is 49.9 Å². The molecular formula is C29H26N6OS. The highest BCUT2D eigenvalue weighted by molar-refractivity contribution is 7.19. The fraction of sp³-hybridized carbons (Fsp3) is 0.241. The lowest BCUT2D eigenvalue weighted by atomic mass is 10.1. The number of nitrogens with one attached hydrogen (secondary N) is 2. The normalized spacial score (nSPS) is 14.5. The zero-order valence-electron chi connectivity index (χ0n) is 20.8. The largest absolute Gasteiger partial charge is 0.467 e. The van der Waals surface area contributed by atoms with Crippen LogP contribution < -0.4 is 5.32 Å². The summed E-state index contributed by atoms with van der Waals surface area (Å²) in [4.78, 5) is 14.3. The van der Waals surface area contributed by atoms with E-state index in [4.69, 9.17) is 4.42 Å². The zero-order valence-corrected chi connectivity index (χ0v) is 21.6. The van der Waals surface area contributed by atoms with Crippen LogP contribution in [0.1, 0.15) is 27.3 Å². The van der Waals surface area contributed by atoms with Crippen LogP contribution in [-0.2, 0) is 6.54 Å². The number of thiophene rings is 1. The number of H-pyrrole nitrogens is 1. The molecule has 184 valence electrons. The zero-order chi connectivity index (χ0) is 25.4. The minimum Gasteiger partial charge on any atom is -0.467 e. The molecule has 0 saturated carbocycles. The van der Waals surface area contributed by atoms with E-state index in [1.165, 1.54) is 11.3 Å². The summed E-state index contributed by atoms with van der Waals surface area (Å²) in [6.45, 7) is 7.15. The van der Waals surface area contributed by atoms with Crippen LogP contribution in [0.3, 0.4) is 0 Å². The lowest BCUT2D eigenvalue weighted by molar-refractivity contribution is 0.140. The summed E-state index contributed by atoms with van der Waals surface area (Å²) in [7, 11) is 2.16. The quantitative estimate of drug-likeness (QED) is 0.316. The fourth-order valence-corrected chi connectivity index (χ4v) is 5.58. The Bertz CT molecular complexity index is 1700. The fourth-order valence-electron chi connectivity index (χ4n) is 4.71. The second kappa shape index (κ2) is 9.76. The van der Waals surface area contributed by atoms with Crippen molar-refractivity contribution in [3.8, 4) is 17.9 Å². The maximum atomic E-state index is 9.78. The number of aromatic amines is 1. The number of furan rings is 1. The molecular weight excluding hydrogens is 480 g/mol. The minimum absolute atomic E-state index is 0.502. The Labute approximate surface area is 219 Å². The van der Waals surface area contributed by atoms with E-state index in [-0.39, 0.29) is 0 Å². The molecule has 6 rings (SSSR count). The monoisotopic (exact) mass is 506 g/mol. The maximum absolute atomic E-state index is 9.78. The Morgan fingerprint density at radius 3 is 2.84 bits per heavy atom. The molecule has 0 unspecified atom stereocenters. The van der Waals surface area contributed by atoms with Gasteiger partial charge in [0.2, 0.25) is 0 Å². The molecule has 0 spiro atoms. The third kappa shape index (κ3) is 4.71. The van der Waals surface area contributed by atoms with Crippen molar-refractivity contribution in [2.75, 3.05) is 38.5 Å². The summed E-state index contributed by atoms with van der Waals surface area (Å²) in [5, 5.41) is 15.3. The Hall–Kier alpha value is -4.08. The lowest BCUT2D eigenvalue weighted by Gasteiger charge is -2.31. The number of aromatic nitrogens is 2. The first-order valence-electron chi connectivity index (χ1n) is 12.2. The second-order valence-electron chi connectivity index (χ2n) is 9.42. The summed E-state index contributed by atoms with van der Waals surface area (Å²) >= 11 is 1.52. The third-order valence-corrected chi connectivity index (χ3v) is 7.86. The molecule has 8 heteroatoms. The highest BCUT2D eigenvalue weighted by Crippen LogP contribution is 2.35. The van der Waals surface area contributed by atoms with Crippen molar-refractivity contribution in [3.63, 3.8) is 0 Å². The Balaban J connectivity index is 1.26. The Morgan fingerprint density at radius 1 is 1.14 bits per heavy atom. The van der Waals surface area contributed by atoms with Gasteiger partial charge in [-0.1, -0.05) is 11.8 Å². The van der Waals surface area contributed by atoms with Gasteiger partial charge in [-0.2, -0.15) is 5.26 Å². The van der Waals surface area contributed by atoms with Gasteiger partial charge in [0.15, 0.2) is 0 Å². The van der Waals surface area contributed by atoms with E-state index in [0.29, 0.717) is 5.56 Å². The molecule has 0 radical (unpaired) electrons. The predicted molar refractivity (Wildman–Crippen MR) is 148 cm³/mol. The molecule has 1 saturated heterocycles. The molecule has 1 aliphatic rings. The van der Waals surface area contributed by atoms with E-state index >= 15 is 0 Å². The molecule has 37 heavy (non-hydrogen) atoms. The number of hydrogen-bond acceptors (Lipinski definition) is 7. The van der Waals surface area contributed by atoms with Crippen molar-refractivity contribution in [3.05, 3.63) is 76.3 Å². The van der Waals surface area contributed by atoms with Crippen molar-refractivity contribution in [1.82, 2.24) is 19.8 Å². The first-order chi connectivity index (χ1) is 18.1. The summed E-state index contributed by atoms with van der Waals surface area (Å²) in [5.74, 6) is 7.44. The van der Waals surface area contributed by atoms with Crippen molar-refractivity contribution in [1.29, 1.82) is 5.26 Å². The van der Waals surface area contributed by atoms with Gasteiger partial charge in [0.1, 0.15) is 22.9 Å². The number of nitriles is 1. The number of piperazine rings is 1. The van der Waals surface area contributed by atoms with Crippen LogP contribution in [0.4, 0.5) is 11.4 Å². The van der Waals surface area contributed by atoms with Crippen molar-refractivity contribution < 1.29 is 4.42 Å². The average Bonchev–Trinajstić information content (AvgIpc) is 3.66. The number of fused-ring (bicyclic) bond motifs is 2. The molecule has 5 aromatic rings. The van der Waals surface area contributed by atoms with Crippen LogP contribution in [0, 0.1) is 30.1 Å². The smallest absolute Gasteiger partial charge is 0.126 e. The molecule has 5 heterocycles. The van der Waals surface area contributed by atoms with E-state index in [2.05, 4.69) is 63.0 Å². The van der Waals surface area contributed by atoms with E-state index in [9.17, 15) is 5.26 Å². The third-order valence-electron chi connectivity index (χ3n) is 6.90. The van der Waals surface area contributed by atoms with Gasteiger partial charge in [0.05, 0.1) is 28.2 Å². The number of aryl methyl sites for hydroxylation is 1. The van der Waals surface area contributed by atoms with Crippen molar-refractivity contribution in [2.45, 2.75) is 13.5 Å². The highest BCUT2D eigenvalue weighted by Gasteiger charge is 2.16. The first kappa shape index (κ1) is 23.3. The topological polar surface area (TPSA) is 84.1 Å². The Kier molecular flexibility index (Phi) is 6.15. The van der Waals surface area contributed by atoms with Crippen LogP contribution in [0.5, 0.6) is 0 Å². The molecule has 1 aliphatic heterocycles. The standard InChI is InChI=1S/C29H26N6OS/c1-19-24-7-8-31-27(24)6-5-26(19)33-28-21(15-30)16-32-29-25(28)14-23(37-29)4-3-20-13-22(36-18-20)17-35-11-9-34(2)10-12-35/h5-8,13-14,16,18,31H,9-12,17H2,1-2H3,(H,32,33). The van der Waals surface area contributed by atoms with Crippen LogP contribution in [0.15, 0.2) is 53.4 Å². The van der Waals surface area contributed by atoms with Gasteiger partial charge in [-0.25, -0.2) is 4.98 Å². The molecule has 0 aliphatic carbocycles. The second-order valence-corrected chi connectivity index (χ2v) is 10.5. The van der Waals surface area contributed by atoms with Gasteiger partial charge in [-0.15, -0.1) is 11.3 Å². The van der Waals surface area contributed by atoms with E-state index in [0.717, 1.165) is 87.0 Å². The molecule has 1 aromatic carbocycles. The maximum Gasteiger partial charge on any atom is 0.126 e. The van der Waals surface area contributed by atoms with Crippen LogP contribution in [0.25, 0.3) is 21.1 Å². The lowest BCUT2D eigenvalue weighted by Crippen LogP contribution is -2.43. The summed E-state index contributed by atoms with van der Waals surface area (Å²) < 4.78 is 5.78. The molecule has 4 aromatic heterocycles. The van der Waals surface area contributed by atoms with Crippen LogP contribution in [-0.4, -0.2) is 53.0 Å². The van der Waals surface area contributed by atoms with Gasteiger partial charge in [0.25, 0.3) is 0 Å². The number of anilines is 2. The van der Waals surface area contributed by atoms with E-state index in [1.54, 1.807) is 12.5 Å². The van der Waals surface area contributed by atoms with E-state index < -0.39 is 0 Å². The average molecular weight is 507 g/mol. The molecule has 2 N–H and O–H groups in total. The first-order valence-corrected chi connectivity index (χ1v) is 13.1. The van der Waals surface area contributed by atoms with E-state index in [1.807, 2.05) is 30.5 Å². The minimum atomic E-state index is 0.502. The Morgan fingerprint density at radius 2 is 2.00 bits per heavy atom. The van der Waals surface area contributed by atoms with Crippen molar-refractivity contribution >= 4 is 43.8 Å². The van der Waals surface area contributed by atoms with Gasteiger partial charge >= 0.3 is 0 Å². The number of hydrogen-bond donors (Lipinski definition) is 2. The van der Waals surface area contributed by atoms with Gasteiger partial charge < -0.3 is 19.6 Å². The molecule has 1 fully saturated rings. The predicted octanol–water partition coefficient (Wildman–Crippen LogP) is 5.44. The molecule has 7 nitrogen and oxygen atoms in total. The van der Waals surface area contributed by atoms with Crippen LogP contribution >= 0.6 is 11.3 Å². The van der Waals surface area contributed by atoms with Crippen LogP contribution in [0.2, 0.25) is 0 Å². The van der Waals surface area contributed by atoms with Gasteiger partial charge in [-0.3, -0.25) is 4.90 Å². The molecule has 0 bridgehead atoms. The number of rotatable bonds is 4. The van der Waals surface area contributed by atoms with Crippen molar-refractivity contribution in [2.24, 2.45) is 0 Å². The number of nitrogens with zero attached hydrogens (tertiary/aromatic N) is 4. The molecule has 0 amide bonds. The number of benzene rings is 1. The van der Waals surface area contributed by atoms with Gasteiger partial charge in [0, 0.05) is 60.5 Å². The summed E-state index contributed by atoms with van der Waals surface area (Å²) in [6, 6.07) is 12.5. The number of pyridine rings is 1. The SMILES string of the molecule is Cc1c(Nc2c(C#N)cnc3sc(C#Cc4coc(CN5CCN(C)CC5)c4)cc23)ccc2[nH]ccc12.